The van der Waals surface area contributed by atoms with Crippen molar-refractivity contribution in [3.8, 4) is 11.5 Å². The first kappa shape index (κ1) is 21.3. The molecule has 23 heavy (non-hydrogen) atoms. The zero-order valence-corrected chi connectivity index (χ0v) is 16.9. The van der Waals surface area contributed by atoms with E-state index in [9.17, 15) is 0 Å². The van der Waals surface area contributed by atoms with Gasteiger partial charge in [0.05, 0.1) is 12.1 Å². The summed E-state index contributed by atoms with van der Waals surface area (Å²) in [4.78, 5) is 18.2. The van der Waals surface area contributed by atoms with Gasteiger partial charge in [-0.25, -0.2) is 0 Å². The van der Waals surface area contributed by atoms with Crippen LogP contribution in [-0.4, -0.2) is 46.0 Å². The molecule has 2 radical (unpaired) electrons. The molecule has 0 bridgehead atoms. The first-order valence-electron chi connectivity index (χ1n) is 7.21. The predicted molar refractivity (Wildman–Crippen MR) is 93.7 cm³/mol. The van der Waals surface area contributed by atoms with E-state index in [0.717, 1.165) is 24.0 Å². The summed E-state index contributed by atoms with van der Waals surface area (Å²) in [5, 5.41) is 14.7. The molecule has 0 aliphatic carbocycles. The van der Waals surface area contributed by atoms with Gasteiger partial charge in [0.25, 0.3) is 0 Å². The Balaban J connectivity index is 0.000000403. The second-order valence-electron chi connectivity index (χ2n) is 4.80. The fraction of sp³-hybridized carbons (Fsp3) is 0.222. The van der Waals surface area contributed by atoms with Gasteiger partial charge in [0.1, 0.15) is 0 Å². The zero-order valence-electron chi connectivity index (χ0n) is 13.4. The van der Waals surface area contributed by atoms with E-state index in [2.05, 4.69) is 0 Å². The summed E-state index contributed by atoms with van der Waals surface area (Å²) in [6.07, 6.45) is 1.78. The molecule has 2 rings (SSSR count). The van der Waals surface area contributed by atoms with Crippen LogP contribution in [0.1, 0.15) is 25.0 Å². The molecule has 0 fully saturated rings. The molecule has 0 amide bonds. The average Bonchev–Trinajstić information content (AvgIpc) is 2.77. The smallest absolute Gasteiger partial charge is 0.587 e. The molecule has 0 spiro atoms. The molecule has 0 heterocycles. The molecule has 0 aliphatic heterocycles. The fourth-order valence-corrected chi connectivity index (χ4v) is 1.76. The Morgan fingerprint density at radius 2 is 1.09 bits per heavy atom. The largest absolute Gasteiger partial charge is 3.00 e. The molecule has 0 aromatic heterocycles. The van der Waals surface area contributed by atoms with Gasteiger partial charge in [-0.3, -0.25) is 9.59 Å². The quantitative estimate of drug-likeness (QED) is 0.424. The van der Waals surface area contributed by atoms with Crippen LogP contribution in [-0.2, 0) is 12.8 Å². The van der Waals surface area contributed by atoms with Gasteiger partial charge in [-0.15, -0.1) is 0 Å². The van der Waals surface area contributed by atoms with Crippen LogP contribution in [0.2, 0.25) is 0 Å². The van der Waals surface area contributed by atoms with Gasteiger partial charge in [0.15, 0.2) is 0 Å². The summed E-state index contributed by atoms with van der Waals surface area (Å²) >= 11 is 0. The van der Waals surface area contributed by atoms with Crippen molar-refractivity contribution in [1.82, 2.24) is 0 Å². The number of aryl methyl sites for hydroxylation is 2. The Morgan fingerprint density at radius 3 is 1.39 bits per heavy atom. The van der Waals surface area contributed by atoms with Gasteiger partial charge >= 0.3 is 48.6 Å². The summed E-state index contributed by atoms with van der Waals surface area (Å²) in [5.41, 5.74) is 2.19. The summed E-state index contributed by atoms with van der Waals surface area (Å²) in [6.45, 7) is 4.04. The molecule has 0 saturated heterocycles. The minimum atomic E-state index is 0. The molecule has 6 N–H and O–H groups in total. The van der Waals surface area contributed by atoms with Crippen molar-refractivity contribution in [3.05, 3.63) is 70.5 Å². The van der Waals surface area contributed by atoms with Crippen LogP contribution in [0.25, 0.3) is 0 Å². The van der Waals surface area contributed by atoms with Crippen LogP contribution in [0.5, 0.6) is 11.5 Å². The number of hydrogen-bond donors (Lipinski definition) is 0. The minimum Gasteiger partial charge on any atom is -0.587 e. The number of rotatable bonds is 2. The molecule has 0 aliphatic rings. The summed E-state index contributed by atoms with van der Waals surface area (Å²) in [5.74, 6) is 0.374. The van der Waals surface area contributed by atoms with Gasteiger partial charge in [-0.2, -0.15) is 0 Å². The van der Waals surface area contributed by atoms with Crippen LogP contribution in [0.15, 0.2) is 48.5 Å². The summed E-state index contributed by atoms with van der Waals surface area (Å²) < 4.78 is 0. The Morgan fingerprint density at radius 1 is 0.739 bits per heavy atom. The van der Waals surface area contributed by atoms with Crippen LogP contribution in [0.3, 0.4) is 0 Å². The maximum Gasteiger partial charge on any atom is 3.00 e. The first-order valence-corrected chi connectivity index (χ1v) is 7.21. The summed E-state index contributed by atoms with van der Waals surface area (Å²) in [7, 11) is 0. The van der Waals surface area contributed by atoms with Crippen molar-refractivity contribution < 1.29 is 19.8 Å². The maximum atomic E-state index is 9.11. The van der Waals surface area contributed by atoms with Crippen molar-refractivity contribution in [2.45, 2.75) is 26.7 Å². The van der Waals surface area contributed by atoms with Crippen LogP contribution in [0, 0.1) is 0 Å². The van der Waals surface area contributed by atoms with E-state index in [-0.39, 0.29) is 48.6 Å². The molecule has 118 valence electrons. The Labute approximate surface area is 154 Å². The van der Waals surface area contributed by atoms with Crippen molar-refractivity contribution in [1.29, 1.82) is 0 Å². The second-order valence-corrected chi connectivity index (χ2v) is 4.80. The minimum absolute atomic E-state index is 0. The molecule has 0 unspecified atom stereocenters. The molecule has 0 atom stereocenters. The van der Waals surface area contributed by atoms with Crippen LogP contribution < -0.4 is 10.9 Å². The average molecular weight is 513 g/mol. The Hall–Kier alpha value is -1.74. The van der Waals surface area contributed by atoms with E-state index in [1.807, 2.05) is 26.0 Å². The van der Waals surface area contributed by atoms with E-state index in [4.69, 9.17) is 19.8 Å². The fourth-order valence-electron chi connectivity index (χ4n) is 1.76. The molecule has 5 heteroatoms. The third-order valence-corrected chi connectivity index (χ3v) is 3.16. The molecule has 4 nitrogen and oxygen atoms in total. The van der Waals surface area contributed by atoms with E-state index >= 15 is 0 Å². The van der Waals surface area contributed by atoms with Crippen LogP contribution in [0.4, 0.5) is 0 Å². The van der Waals surface area contributed by atoms with Crippen LogP contribution >= 0.6 is 0 Å². The van der Waals surface area contributed by atoms with E-state index in [1.165, 1.54) is 12.1 Å². The Kier molecular flexibility index (Phi) is 10.1. The van der Waals surface area contributed by atoms with Crippen molar-refractivity contribution in [2.24, 2.45) is 0 Å². The van der Waals surface area contributed by atoms with Gasteiger partial charge in [-0.05, 0) is 24.0 Å². The SMILES string of the molecule is CCc1cccc(=[OH+])c([OH2+])c1.CCc1cccc(=[OH+])c([OH2+])c1.[Bi+3]. The normalized spacial score (nSPS) is 9.13. The first-order chi connectivity index (χ1) is 10.5. The molecule has 0 saturated carbocycles. The number of hydrogen-bond acceptors (Lipinski definition) is 0. The van der Waals surface area contributed by atoms with Gasteiger partial charge in [-0.1, -0.05) is 38.1 Å². The van der Waals surface area contributed by atoms with E-state index < -0.39 is 0 Å². The monoisotopic (exact) mass is 513 g/mol. The summed E-state index contributed by atoms with van der Waals surface area (Å²) in [6, 6.07) is 13.7. The second kappa shape index (κ2) is 10.9. The van der Waals surface area contributed by atoms with Crippen molar-refractivity contribution in [3.63, 3.8) is 0 Å². The van der Waals surface area contributed by atoms with E-state index in [0.29, 0.717) is 0 Å². The topological polar surface area (TPSA) is 88.6 Å². The predicted octanol–water partition coefficient (Wildman–Crippen LogP) is 1.00. The van der Waals surface area contributed by atoms with E-state index in [1.54, 1.807) is 24.3 Å². The van der Waals surface area contributed by atoms with Crippen molar-refractivity contribution >= 4 is 26.2 Å². The Bertz CT molecular complexity index is 680. The zero-order chi connectivity index (χ0) is 16.5. The van der Waals surface area contributed by atoms with Crippen molar-refractivity contribution in [2.75, 3.05) is 0 Å². The maximum absolute atomic E-state index is 9.11. The standard InChI is InChI=1S/2C9H10O2.Bi/c2*1-2-7-4-3-5-8(10)9(11)6-7;/h2*3-6H,2H2,1H3,(H,10,11);/q;;+3/p+4. The van der Waals surface area contributed by atoms with Gasteiger partial charge in [0, 0.05) is 12.1 Å². The van der Waals surface area contributed by atoms with Gasteiger partial charge < -0.3 is 10.2 Å². The van der Waals surface area contributed by atoms with Gasteiger partial charge in [0.2, 0.25) is 0 Å². The molecule has 2 aromatic carbocycles. The third-order valence-electron chi connectivity index (χ3n) is 3.16. The third kappa shape index (κ3) is 7.38. The molecular weight excluding hydrogens is 489 g/mol. The molecular formula is C18H24BiO4+7. The molecule has 2 aromatic rings.